The van der Waals surface area contributed by atoms with Gasteiger partial charge in [0.1, 0.15) is 0 Å². The minimum Gasteiger partial charge on any atom is -0.325 e. The van der Waals surface area contributed by atoms with Crippen LogP contribution in [-0.2, 0) is 11.2 Å². The Hall–Kier alpha value is -1.55. The minimum absolute atomic E-state index is 0.246. The summed E-state index contributed by atoms with van der Waals surface area (Å²) in [7, 11) is 0. The van der Waals surface area contributed by atoms with Gasteiger partial charge in [0.05, 0.1) is 6.04 Å². The van der Waals surface area contributed by atoms with Gasteiger partial charge < -0.3 is 11.1 Å². The predicted molar refractivity (Wildman–Crippen MR) is 87.8 cm³/mol. The van der Waals surface area contributed by atoms with Crippen LogP contribution in [0.2, 0.25) is 10.0 Å². The molecule has 0 fully saturated rings. The molecule has 1 amide bonds. The van der Waals surface area contributed by atoms with Gasteiger partial charge in [-0.2, -0.15) is 0 Å². The Morgan fingerprint density at radius 3 is 2.33 bits per heavy atom. The lowest BCUT2D eigenvalue weighted by Crippen LogP contribution is -2.36. The summed E-state index contributed by atoms with van der Waals surface area (Å²) in [6, 6.07) is 14.2. The molecule has 3 N–H and O–H groups in total. The van der Waals surface area contributed by atoms with Crippen molar-refractivity contribution < 1.29 is 4.79 Å². The van der Waals surface area contributed by atoms with Crippen LogP contribution in [0.4, 0.5) is 5.69 Å². The molecule has 2 rings (SSSR count). The molecular weight excluding hydrogens is 307 g/mol. The molecule has 0 unspecified atom stereocenters. The lowest BCUT2D eigenvalue weighted by molar-refractivity contribution is -0.117. The van der Waals surface area contributed by atoms with Crippen LogP contribution < -0.4 is 11.1 Å². The molecule has 0 heterocycles. The number of benzene rings is 2. The SMILES string of the molecule is N[C@@H](CCc1ccccc1)C(=O)Nc1cc(Cl)cc(Cl)c1. The zero-order valence-corrected chi connectivity index (χ0v) is 12.9. The minimum atomic E-state index is -0.581. The quantitative estimate of drug-likeness (QED) is 0.877. The molecule has 3 nitrogen and oxygen atoms in total. The van der Waals surface area contributed by atoms with Crippen molar-refractivity contribution in [2.75, 3.05) is 5.32 Å². The number of hydrogen-bond donors (Lipinski definition) is 2. The monoisotopic (exact) mass is 322 g/mol. The van der Waals surface area contributed by atoms with Crippen molar-refractivity contribution in [3.63, 3.8) is 0 Å². The first-order valence-electron chi connectivity index (χ1n) is 6.61. The van der Waals surface area contributed by atoms with Crippen molar-refractivity contribution in [1.82, 2.24) is 0 Å². The Morgan fingerprint density at radius 2 is 1.71 bits per heavy atom. The van der Waals surface area contributed by atoms with E-state index < -0.39 is 6.04 Å². The summed E-state index contributed by atoms with van der Waals surface area (Å²) in [5.41, 5.74) is 7.62. The molecule has 2 aromatic carbocycles. The van der Waals surface area contributed by atoms with Gasteiger partial charge in [-0.25, -0.2) is 0 Å². The zero-order chi connectivity index (χ0) is 15.2. The van der Waals surface area contributed by atoms with Crippen LogP contribution in [0.1, 0.15) is 12.0 Å². The topological polar surface area (TPSA) is 55.1 Å². The van der Waals surface area contributed by atoms with Gasteiger partial charge in [-0.1, -0.05) is 53.5 Å². The van der Waals surface area contributed by atoms with Gasteiger partial charge in [-0.05, 0) is 36.6 Å². The van der Waals surface area contributed by atoms with E-state index in [4.69, 9.17) is 28.9 Å². The Morgan fingerprint density at radius 1 is 1.10 bits per heavy atom. The lowest BCUT2D eigenvalue weighted by Gasteiger charge is -2.12. The first-order valence-corrected chi connectivity index (χ1v) is 7.36. The zero-order valence-electron chi connectivity index (χ0n) is 11.4. The van der Waals surface area contributed by atoms with Crippen LogP contribution in [-0.4, -0.2) is 11.9 Å². The molecule has 0 aliphatic rings. The summed E-state index contributed by atoms with van der Waals surface area (Å²) in [5.74, 6) is -0.246. The fraction of sp³-hybridized carbons (Fsp3) is 0.188. The third-order valence-corrected chi connectivity index (χ3v) is 3.49. The maximum absolute atomic E-state index is 12.0. The first-order chi connectivity index (χ1) is 10.0. The number of anilines is 1. The molecule has 1 atom stereocenters. The van der Waals surface area contributed by atoms with Crippen LogP contribution >= 0.6 is 23.2 Å². The first kappa shape index (κ1) is 15.8. The van der Waals surface area contributed by atoms with E-state index in [0.29, 0.717) is 22.2 Å². The van der Waals surface area contributed by atoms with Gasteiger partial charge in [0.15, 0.2) is 0 Å². The van der Waals surface area contributed by atoms with Gasteiger partial charge in [-0.3, -0.25) is 4.79 Å². The van der Waals surface area contributed by atoms with E-state index in [1.165, 1.54) is 0 Å². The molecule has 0 bridgehead atoms. The van der Waals surface area contributed by atoms with E-state index in [-0.39, 0.29) is 5.91 Å². The van der Waals surface area contributed by atoms with Crippen LogP contribution in [0.15, 0.2) is 48.5 Å². The smallest absolute Gasteiger partial charge is 0.241 e. The number of amides is 1. The van der Waals surface area contributed by atoms with Crippen molar-refractivity contribution in [1.29, 1.82) is 0 Å². The second-order valence-electron chi connectivity index (χ2n) is 4.78. The summed E-state index contributed by atoms with van der Waals surface area (Å²) in [6.07, 6.45) is 1.33. The number of hydrogen-bond acceptors (Lipinski definition) is 2. The van der Waals surface area contributed by atoms with E-state index in [2.05, 4.69) is 5.32 Å². The summed E-state index contributed by atoms with van der Waals surface area (Å²) in [6.45, 7) is 0. The van der Waals surface area contributed by atoms with Crippen molar-refractivity contribution in [3.05, 3.63) is 64.1 Å². The van der Waals surface area contributed by atoms with Gasteiger partial charge in [0, 0.05) is 15.7 Å². The largest absolute Gasteiger partial charge is 0.325 e. The highest BCUT2D eigenvalue weighted by Crippen LogP contribution is 2.22. The lowest BCUT2D eigenvalue weighted by atomic mass is 10.1. The fourth-order valence-electron chi connectivity index (χ4n) is 1.96. The van der Waals surface area contributed by atoms with E-state index in [1.807, 2.05) is 30.3 Å². The molecule has 2 aromatic rings. The number of aryl methyl sites for hydroxylation is 1. The van der Waals surface area contributed by atoms with Crippen LogP contribution in [0.5, 0.6) is 0 Å². The third kappa shape index (κ3) is 5.05. The predicted octanol–water partition coefficient (Wildman–Crippen LogP) is 3.89. The normalized spacial score (nSPS) is 12.0. The molecule has 0 saturated heterocycles. The summed E-state index contributed by atoms with van der Waals surface area (Å²) in [5, 5.41) is 3.66. The molecule has 0 aliphatic carbocycles. The number of rotatable bonds is 5. The molecule has 21 heavy (non-hydrogen) atoms. The molecular formula is C16H16Cl2N2O. The van der Waals surface area contributed by atoms with Gasteiger partial charge in [-0.15, -0.1) is 0 Å². The number of carbonyl (C=O) groups excluding carboxylic acids is 1. The van der Waals surface area contributed by atoms with Crippen LogP contribution in [0, 0.1) is 0 Å². The van der Waals surface area contributed by atoms with Gasteiger partial charge >= 0.3 is 0 Å². The summed E-state index contributed by atoms with van der Waals surface area (Å²) < 4.78 is 0. The highest BCUT2D eigenvalue weighted by Gasteiger charge is 2.14. The highest BCUT2D eigenvalue weighted by atomic mass is 35.5. The van der Waals surface area contributed by atoms with E-state index in [9.17, 15) is 4.79 Å². The number of nitrogens with two attached hydrogens (primary N) is 1. The molecule has 0 saturated carbocycles. The molecule has 0 aromatic heterocycles. The second kappa shape index (κ2) is 7.46. The molecule has 0 radical (unpaired) electrons. The Bertz CT molecular complexity index is 597. The Labute approximate surface area is 134 Å². The van der Waals surface area contributed by atoms with Crippen molar-refractivity contribution in [2.24, 2.45) is 5.73 Å². The van der Waals surface area contributed by atoms with E-state index in [1.54, 1.807) is 18.2 Å². The van der Waals surface area contributed by atoms with E-state index in [0.717, 1.165) is 12.0 Å². The average molecular weight is 323 g/mol. The van der Waals surface area contributed by atoms with Crippen molar-refractivity contribution in [3.8, 4) is 0 Å². The van der Waals surface area contributed by atoms with Gasteiger partial charge in [0.2, 0.25) is 5.91 Å². The maximum atomic E-state index is 12.0. The fourth-order valence-corrected chi connectivity index (χ4v) is 2.48. The van der Waals surface area contributed by atoms with Crippen molar-refractivity contribution in [2.45, 2.75) is 18.9 Å². The number of nitrogens with one attached hydrogen (secondary N) is 1. The molecule has 0 aliphatic heterocycles. The number of carbonyl (C=O) groups is 1. The van der Waals surface area contributed by atoms with Crippen LogP contribution in [0.25, 0.3) is 0 Å². The summed E-state index contributed by atoms with van der Waals surface area (Å²) >= 11 is 11.8. The molecule has 5 heteroatoms. The average Bonchev–Trinajstić information content (AvgIpc) is 2.44. The Kier molecular flexibility index (Phi) is 5.62. The standard InChI is InChI=1S/C16H16Cl2N2O/c17-12-8-13(18)10-14(9-12)20-16(21)15(19)7-6-11-4-2-1-3-5-11/h1-5,8-10,15H,6-7,19H2,(H,20,21)/t15-/m0/s1. The van der Waals surface area contributed by atoms with Crippen molar-refractivity contribution >= 4 is 34.8 Å². The van der Waals surface area contributed by atoms with Crippen LogP contribution in [0.3, 0.4) is 0 Å². The van der Waals surface area contributed by atoms with E-state index >= 15 is 0 Å². The number of halogens is 2. The third-order valence-electron chi connectivity index (χ3n) is 3.05. The molecule has 0 spiro atoms. The second-order valence-corrected chi connectivity index (χ2v) is 5.65. The Balaban J connectivity index is 1.90. The molecule has 110 valence electrons. The van der Waals surface area contributed by atoms with Gasteiger partial charge in [0.25, 0.3) is 0 Å². The summed E-state index contributed by atoms with van der Waals surface area (Å²) in [4.78, 5) is 12.0. The highest BCUT2D eigenvalue weighted by molar-refractivity contribution is 6.35. The maximum Gasteiger partial charge on any atom is 0.241 e.